The van der Waals surface area contributed by atoms with Gasteiger partial charge in [-0.1, -0.05) is 129 Å². The van der Waals surface area contributed by atoms with Gasteiger partial charge in [-0.3, -0.25) is 0 Å². The molecule has 0 radical (unpaired) electrons. The van der Waals surface area contributed by atoms with Crippen molar-refractivity contribution in [1.82, 2.24) is 10.6 Å². The third-order valence-corrected chi connectivity index (χ3v) is 5.71. The lowest BCUT2D eigenvalue weighted by Gasteiger charge is -2.16. The molecule has 3 heteroatoms. The SMILES string of the molecule is CC(C)C.CC(C)C.CC(C)C.c1ccc2c(c1)CCCN2.c1ccc2c(c1)CCNC2.c1ccc2c(c1)CNC2. The molecule has 3 heterocycles. The van der Waals surface area contributed by atoms with E-state index >= 15 is 0 Å². The van der Waals surface area contributed by atoms with E-state index in [4.69, 9.17) is 0 Å². The Morgan fingerprint density at radius 2 is 0.829 bits per heavy atom. The van der Waals surface area contributed by atoms with Gasteiger partial charge in [-0.25, -0.2) is 0 Å². The molecule has 0 amide bonds. The molecule has 0 unspecified atom stereocenters. The van der Waals surface area contributed by atoms with E-state index in [0.717, 1.165) is 50.5 Å². The molecule has 6 rings (SSSR count). The third-order valence-electron chi connectivity index (χ3n) is 5.71. The van der Waals surface area contributed by atoms with Crippen LogP contribution in [0.5, 0.6) is 0 Å². The van der Waals surface area contributed by atoms with Gasteiger partial charge in [0.25, 0.3) is 0 Å². The van der Waals surface area contributed by atoms with Gasteiger partial charge in [0.2, 0.25) is 0 Å². The molecule has 0 aromatic heterocycles. The molecule has 0 bridgehead atoms. The molecule has 3 aromatic rings. The second-order valence-corrected chi connectivity index (χ2v) is 13.0. The van der Waals surface area contributed by atoms with Crippen molar-refractivity contribution >= 4 is 5.69 Å². The summed E-state index contributed by atoms with van der Waals surface area (Å²) in [5.41, 5.74) is 8.69. The largest absolute Gasteiger partial charge is 0.385 e. The number of fused-ring (bicyclic) bond motifs is 3. The fourth-order valence-electron chi connectivity index (χ4n) is 4.07. The van der Waals surface area contributed by atoms with E-state index in [2.05, 4.69) is 151 Å². The van der Waals surface area contributed by atoms with E-state index in [1.54, 1.807) is 0 Å². The summed E-state index contributed by atoms with van der Waals surface area (Å²) in [7, 11) is 0. The minimum atomic E-state index is 0.833. The Balaban J connectivity index is 0.000000259. The fourth-order valence-corrected chi connectivity index (χ4v) is 4.07. The molecule has 0 saturated carbocycles. The number of para-hydroxylation sites is 1. The fraction of sp³-hybridized carbons (Fsp3) is 0.526. The monoisotopic (exact) mass is 559 g/mol. The van der Waals surface area contributed by atoms with Gasteiger partial charge >= 0.3 is 0 Å². The molecular weight excluding hydrogens is 498 g/mol. The summed E-state index contributed by atoms with van der Waals surface area (Å²) in [5, 5.41) is 9.99. The summed E-state index contributed by atoms with van der Waals surface area (Å²) < 4.78 is 0. The zero-order valence-electron chi connectivity index (χ0n) is 27.8. The third kappa shape index (κ3) is 18.4. The standard InChI is InChI=1S/2C9H11N.C8H9N.3C4H10/c1-2-6-9-8(4-1)5-3-7-10-9;1-2-4-9-7-10-6-5-8(9)3-1;1-2-4-8-6-9-5-7(8)3-1;3*1-4(2)3/h1-2,4,6,10H,3,5,7H2;1-4,10H,5-7H2;1-4,9H,5-6H2;3*4H,1-3H3. The number of anilines is 1. The summed E-state index contributed by atoms with van der Waals surface area (Å²) in [5.74, 6) is 2.50. The first-order valence-electron chi connectivity index (χ1n) is 16.0. The number of nitrogens with one attached hydrogen (secondary N) is 3. The van der Waals surface area contributed by atoms with Crippen LogP contribution in [0.25, 0.3) is 0 Å². The Morgan fingerprint density at radius 3 is 1.29 bits per heavy atom. The van der Waals surface area contributed by atoms with Crippen LogP contribution in [0.15, 0.2) is 72.8 Å². The molecule has 0 aliphatic carbocycles. The molecule has 3 N–H and O–H groups in total. The zero-order valence-corrected chi connectivity index (χ0v) is 27.8. The maximum absolute atomic E-state index is 3.36. The molecule has 3 nitrogen and oxygen atoms in total. The number of aryl methyl sites for hydroxylation is 1. The lowest BCUT2D eigenvalue weighted by atomic mass is 10.0. The van der Waals surface area contributed by atoms with E-state index in [-0.39, 0.29) is 0 Å². The first-order valence-corrected chi connectivity index (χ1v) is 16.0. The average molecular weight is 560 g/mol. The van der Waals surface area contributed by atoms with Crippen LogP contribution < -0.4 is 16.0 Å². The van der Waals surface area contributed by atoms with Gasteiger partial charge in [-0.05, 0) is 77.4 Å². The first kappa shape index (κ1) is 36.4. The van der Waals surface area contributed by atoms with Crippen molar-refractivity contribution in [2.45, 2.75) is 101 Å². The number of benzene rings is 3. The Bertz CT molecular complexity index is 908. The average Bonchev–Trinajstić information content (AvgIpc) is 3.42. The van der Waals surface area contributed by atoms with Crippen LogP contribution in [0, 0.1) is 17.8 Å². The van der Waals surface area contributed by atoms with Gasteiger partial charge in [0, 0.05) is 31.9 Å². The zero-order chi connectivity index (χ0) is 30.5. The van der Waals surface area contributed by atoms with Crippen molar-refractivity contribution in [3.63, 3.8) is 0 Å². The molecule has 3 aliphatic rings. The second kappa shape index (κ2) is 22.0. The maximum Gasteiger partial charge on any atom is 0.0372 e. The van der Waals surface area contributed by atoms with Crippen molar-refractivity contribution in [3.8, 4) is 0 Å². The topological polar surface area (TPSA) is 36.1 Å². The van der Waals surface area contributed by atoms with Crippen molar-refractivity contribution in [3.05, 3.63) is 101 Å². The highest BCUT2D eigenvalue weighted by Gasteiger charge is 2.07. The van der Waals surface area contributed by atoms with Crippen LogP contribution in [0.1, 0.15) is 96.6 Å². The van der Waals surface area contributed by atoms with Crippen LogP contribution in [-0.2, 0) is 32.5 Å². The molecule has 41 heavy (non-hydrogen) atoms. The van der Waals surface area contributed by atoms with Gasteiger partial charge in [0.05, 0.1) is 0 Å². The highest BCUT2D eigenvalue weighted by molar-refractivity contribution is 5.52. The minimum absolute atomic E-state index is 0.833. The summed E-state index contributed by atoms with van der Waals surface area (Å²) in [6.07, 6.45) is 3.70. The quantitative estimate of drug-likeness (QED) is 0.257. The van der Waals surface area contributed by atoms with Gasteiger partial charge in [0.15, 0.2) is 0 Å². The summed E-state index contributed by atoms with van der Waals surface area (Å²) in [4.78, 5) is 0. The molecular formula is C38H61N3. The molecule has 0 fully saturated rings. The van der Waals surface area contributed by atoms with Crippen LogP contribution in [0.4, 0.5) is 5.69 Å². The maximum atomic E-state index is 3.36. The highest BCUT2D eigenvalue weighted by atomic mass is 14.9. The van der Waals surface area contributed by atoms with E-state index in [1.165, 1.54) is 52.8 Å². The number of hydrogen-bond acceptors (Lipinski definition) is 3. The Labute approximate surface area is 254 Å². The van der Waals surface area contributed by atoms with E-state index < -0.39 is 0 Å². The summed E-state index contributed by atoms with van der Waals surface area (Å²) in [6, 6.07) is 25.7. The number of rotatable bonds is 0. The normalized spacial score (nSPS) is 13.9. The molecule has 0 atom stereocenters. The predicted molar refractivity (Wildman–Crippen MR) is 184 cm³/mol. The molecule has 228 valence electrons. The lowest BCUT2D eigenvalue weighted by molar-refractivity contribution is 0.644. The van der Waals surface area contributed by atoms with Crippen molar-refractivity contribution in [2.24, 2.45) is 17.8 Å². The van der Waals surface area contributed by atoms with E-state index in [0.29, 0.717) is 0 Å². The Morgan fingerprint density at radius 1 is 0.439 bits per heavy atom. The minimum Gasteiger partial charge on any atom is -0.385 e. The van der Waals surface area contributed by atoms with Crippen molar-refractivity contribution in [1.29, 1.82) is 0 Å². The molecule has 3 aliphatic heterocycles. The van der Waals surface area contributed by atoms with Crippen LogP contribution in [0.3, 0.4) is 0 Å². The molecule has 3 aromatic carbocycles. The Hall–Kier alpha value is -2.62. The summed E-state index contributed by atoms with van der Waals surface area (Å²) >= 11 is 0. The lowest BCUT2D eigenvalue weighted by Crippen LogP contribution is -2.23. The second-order valence-electron chi connectivity index (χ2n) is 13.0. The van der Waals surface area contributed by atoms with Gasteiger partial charge in [-0.2, -0.15) is 0 Å². The van der Waals surface area contributed by atoms with Crippen molar-refractivity contribution < 1.29 is 0 Å². The van der Waals surface area contributed by atoms with Gasteiger partial charge in [0.1, 0.15) is 0 Å². The number of hydrogen-bond donors (Lipinski definition) is 3. The van der Waals surface area contributed by atoms with E-state index in [9.17, 15) is 0 Å². The molecule has 0 spiro atoms. The van der Waals surface area contributed by atoms with Crippen LogP contribution in [-0.4, -0.2) is 13.1 Å². The first-order chi connectivity index (χ1) is 19.6. The summed E-state index contributed by atoms with van der Waals surface area (Å²) in [6.45, 7) is 24.9. The van der Waals surface area contributed by atoms with Gasteiger partial charge in [-0.15, -0.1) is 0 Å². The smallest absolute Gasteiger partial charge is 0.0372 e. The van der Waals surface area contributed by atoms with Gasteiger partial charge < -0.3 is 16.0 Å². The van der Waals surface area contributed by atoms with Crippen LogP contribution >= 0.6 is 0 Å². The highest BCUT2D eigenvalue weighted by Crippen LogP contribution is 2.20. The van der Waals surface area contributed by atoms with E-state index in [1.807, 2.05) is 0 Å². The van der Waals surface area contributed by atoms with Crippen LogP contribution in [0.2, 0.25) is 0 Å². The predicted octanol–water partition coefficient (Wildman–Crippen LogP) is 9.65. The Kier molecular flexibility index (Phi) is 19.6. The molecule has 0 saturated heterocycles. The van der Waals surface area contributed by atoms with Crippen molar-refractivity contribution in [2.75, 3.05) is 18.4 Å².